The lowest BCUT2D eigenvalue weighted by Crippen LogP contribution is -2.45. The van der Waals surface area contributed by atoms with Gasteiger partial charge in [0.2, 0.25) is 0 Å². The molecule has 4 aromatic rings. The van der Waals surface area contributed by atoms with Gasteiger partial charge in [-0.15, -0.1) is 11.8 Å². The molecule has 1 fully saturated rings. The predicted octanol–water partition coefficient (Wildman–Crippen LogP) is 4.52. The molecule has 2 aromatic heterocycles. The maximum atomic E-state index is 13.9. The van der Waals surface area contributed by atoms with Crippen LogP contribution in [0, 0.1) is 0 Å². The number of benzene rings is 2. The molecule has 0 saturated carbocycles. The number of ketones is 1. The highest BCUT2D eigenvalue weighted by atomic mass is 32.2. The highest BCUT2D eigenvalue weighted by molar-refractivity contribution is 7.99. The van der Waals surface area contributed by atoms with E-state index >= 15 is 0 Å². The van der Waals surface area contributed by atoms with Crippen molar-refractivity contribution < 1.29 is 19.1 Å². The van der Waals surface area contributed by atoms with E-state index in [9.17, 15) is 14.4 Å². The van der Waals surface area contributed by atoms with Crippen LogP contribution in [0.5, 0.6) is 5.75 Å². The standard InChI is InChI=1S/C28H27N5O4S/c1-31(2)28(36)32-15-22(21-11-10-20(13-23(21)32)37-16-18-7-4-3-5-8-18)25(34)24-17-38-26(33(24)27(29)35)19-9-6-12-30-14-19/h3-15,24,26H,16-17H2,1-2H3,(H2,29,35). The Morgan fingerprint density at radius 2 is 1.89 bits per heavy atom. The highest BCUT2D eigenvalue weighted by Gasteiger charge is 2.42. The Kier molecular flexibility index (Phi) is 7.06. The Morgan fingerprint density at radius 1 is 1.11 bits per heavy atom. The minimum absolute atomic E-state index is 0.282. The van der Waals surface area contributed by atoms with Crippen molar-refractivity contribution in [1.82, 2.24) is 19.4 Å². The summed E-state index contributed by atoms with van der Waals surface area (Å²) in [5, 5.41) is 0.168. The van der Waals surface area contributed by atoms with Crippen LogP contribution in [0.4, 0.5) is 9.59 Å². The number of ether oxygens (including phenoxy) is 1. The smallest absolute Gasteiger partial charge is 0.328 e. The van der Waals surface area contributed by atoms with E-state index < -0.39 is 17.4 Å². The number of rotatable bonds is 6. The van der Waals surface area contributed by atoms with Gasteiger partial charge < -0.3 is 15.4 Å². The molecule has 9 nitrogen and oxygen atoms in total. The number of thioether (sulfide) groups is 1. The van der Waals surface area contributed by atoms with Crippen LogP contribution in [0.2, 0.25) is 0 Å². The number of carbonyl (C=O) groups excluding carboxylic acids is 3. The first-order valence-electron chi connectivity index (χ1n) is 12.0. The molecule has 2 N–H and O–H groups in total. The van der Waals surface area contributed by atoms with Crippen molar-refractivity contribution in [2.45, 2.75) is 18.0 Å². The third-order valence-corrected chi connectivity index (χ3v) is 7.73. The van der Waals surface area contributed by atoms with E-state index in [2.05, 4.69) is 4.98 Å². The van der Waals surface area contributed by atoms with Crippen LogP contribution < -0.4 is 10.5 Å². The van der Waals surface area contributed by atoms with Crippen molar-refractivity contribution in [1.29, 1.82) is 0 Å². The quantitative estimate of drug-likeness (QED) is 0.368. The average molecular weight is 530 g/mol. The van der Waals surface area contributed by atoms with E-state index in [4.69, 9.17) is 10.5 Å². The lowest BCUT2D eigenvalue weighted by atomic mass is 10.0. The fourth-order valence-corrected chi connectivity index (χ4v) is 5.96. The molecule has 1 saturated heterocycles. The number of amides is 3. The summed E-state index contributed by atoms with van der Waals surface area (Å²) in [7, 11) is 3.29. The third-order valence-electron chi connectivity index (χ3n) is 6.41. The monoisotopic (exact) mass is 529 g/mol. The van der Waals surface area contributed by atoms with E-state index in [0.29, 0.717) is 34.6 Å². The first-order valence-corrected chi connectivity index (χ1v) is 13.1. The Balaban J connectivity index is 1.50. The normalized spacial score (nSPS) is 16.9. The third kappa shape index (κ3) is 4.82. The lowest BCUT2D eigenvalue weighted by Gasteiger charge is -2.26. The molecular formula is C28H27N5O4S. The van der Waals surface area contributed by atoms with Gasteiger partial charge in [-0.05, 0) is 23.8 Å². The highest BCUT2D eigenvalue weighted by Crippen LogP contribution is 2.42. The van der Waals surface area contributed by atoms with Crippen molar-refractivity contribution in [3.05, 3.63) is 95.9 Å². The number of carbonyl (C=O) groups is 3. The molecule has 3 heterocycles. The molecule has 2 aromatic carbocycles. The first-order chi connectivity index (χ1) is 18.3. The number of primary amides is 1. The molecule has 10 heteroatoms. The van der Waals surface area contributed by atoms with Gasteiger partial charge in [0, 0.05) is 61.0 Å². The van der Waals surface area contributed by atoms with Gasteiger partial charge in [0.05, 0.1) is 5.52 Å². The number of fused-ring (bicyclic) bond motifs is 1. The van der Waals surface area contributed by atoms with Gasteiger partial charge in [-0.1, -0.05) is 36.4 Å². The summed E-state index contributed by atoms with van der Waals surface area (Å²) in [5.74, 6) is 0.655. The molecule has 38 heavy (non-hydrogen) atoms. The van der Waals surface area contributed by atoms with Crippen LogP contribution in [0.15, 0.2) is 79.3 Å². The van der Waals surface area contributed by atoms with Crippen LogP contribution in [0.1, 0.15) is 26.9 Å². The second-order valence-corrected chi connectivity index (χ2v) is 10.3. The SMILES string of the molecule is CN(C)C(=O)n1cc(C(=O)C2CSC(c3cccnc3)N2C(N)=O)c2ccc(OCc3ccccc3)cc21. The van der Waals surface area contributed by atoms with E-state index in [1.54, 1.807) is 50.8 Å². The number of nitrogens with two attached hydrogens (primary N) is 1. The summed E-state index contributed by atoms with van der Waals surface area (Å²) in [5.41, 5.74) is 8.44. The Hall–Kier alpha value is -4.31. The number of urea groups is 1. The summed E-state index contributed by atoms with van der Waals surface area (Å²) in [6.07, 6.45) is 4.85. The number of hydrogen-bond acceptors (Lipinski definition) is 6. The van der Waals surface area contributed by atoms with Gasteiger partial charge in [0.1, 0.15) is 23.8 Å². The maximum Gasteiger partial charge on any atom is 0.328 e. The van der Waals surface area contributed by atoms with Gasteiger partial charge in [0.25, 0.3) is 0 Å². The number of Topliss-reactive ketones (excluding diaryl/α,β-unsaturated/α-hetero) is 1. The van der Waals surface area contributed by atoms with Gasteiger partial charge in [0.15, 0.2) is 5.78 Å². The minimum atomic E-state index is -0.787. The second kappa shape index (κ2) is 10.6. The summed E-state index contributed by atoms with van der Waals surface area (Å²) >= 11 is 1.46. The van der Waals surface area contributed by atoms with E-state index in [0.717, 1.165) is 11.1 Å². The van der Waals surface area contributed by atoms with Gasteiger partial charge in [-0.2, -0.15) is 0 Å². The van der Waals surface area contributed by atoms with Crippen molar-refractivity contribution in [3.8, 4) is 5.75 Å². The summed E-state index contributed by atoms with van der Waals surface area (Å²) in [6.45, 7) is 0.364. The maximum absolute atomic E-state index is 13.9. The molecule has 5 rings (SSSR count). The summed E-state index contributed by atoms with van der Waals surface area (Å²) in [6, 6.07) is 16.9. The Labute approximate surface area is 224 Å². The molecule has 0 aliphatic carbocycles. The molecular weight excluding hydrogens is 502 g/mol. The number of nitrogens with zero attached hydrogens (tertiary/aromatic N) is 4. The average Bonchev–Trinajstić information content (AvgIpc) is 3.54. The molecule has 3 amide bonds. The summed E-state index contributed by atoms with van der Waals surface area (Å²) < 4.78 is 7.41. The van der Waals surface area contributed by atoms with Gasteiger partial charge >= 0.3 is 12.1 Å². The van der Waals surface area contributed by atoms with Crippen molar-refractivity contribution in [2.24, 2.45) is 5.73 Å². The molecule has 1 aliphatic rings. The largest absolute Gasteiger partial charge is 0.489 e. The molecule has 0 radical (unpaired) electrons. The second-order valence-electron chi connectivity index (χ2n) is 9.14. The van der Waals surface area contributed by atoms with E-state index in [1.165, 1.54) is 32.3 Å². The predicted molar refractivity (Wildman–Crippen MR) is 146 cm³/mol. The van der Waals surface area contributed by atoms with Crippen LogP contribution >= 0.6 is 11.8 Å². The zero-order chi connectivity index (χ0) is 26.8. The molecule has 2 atom stereocenters. The lowest BCUT2D eigenvalue weighted by molar-refractivity contribution is 0.0881. The van der Waals surface area contributed by atoms with Gasteiger partial charge in [-0.3, -0.25) is 19.2 Å². The van der Waals surface area contributed by atoms with Crippen LogP contribution in [0.3, 0.4) is 0 Å². The summed E-state index contributed by atoms with van der Waals surface area (Å²) in [4.78, 5) is 46.5. The fraction of sp³-hybridized carbons (Fsp3) is 0.214. The van der Waals surface area contributed by atoms with Gasteiger partial charge in [-0.25, -0.2) is 9.59 Å². The number of aromatic nitrogens is 2. The molecule has 2 unspecified atom stereocenters. The molecule has 1 aliphatic heterocycles. The van der Waals surface area contributed by atoms with E-state index in [1.807, 2.05) is 36.4 Å². The van der Waals surface area contributed by atoms with Crippen molar-refractivity contribution in [3.63, 3.8) is 0 Å². The number of hydrogen-bond donors (Lipinski definition) is 1. The van der Waals surface area contributed by atoms with E-state index in [-0.39, 0.29) is 11.8 Å². The number of pyridine rings is 1. The van der Waals surface area contributed by atoms with Crippen LogP contribution in [-0.2, 0) is 6.61 Å². The van der Waals surface area contributed by atoms with Crippen molar-refractivity contribution >= 4 is 40.5 Å². The zero-order valence-electron chi connectivity index (χ0n) is 21.0. The zero-order valence-corrected chi connectivity index (χ0v) is 21.8. The molecule has 0 spiro atoms. The molecule has 0 bridgehead atoms. The van der Waals surface area contributed by atoms with Crippen LogP contribution in [-0.4, -0.2) is 63.1 Å². The topological polar surface area (TPSA) is 111 Å². The minimum Gasteiger partial charge on any atom is -0.489 e. The fourth-order valence-electron chi connectivity index (χ4n) is 4.54. The first kappa shape index (κ1) is 25.3. The van der Waals surface area contributed by atoms with Crippen LogP contribution in [0.25, 0.3) is 10.9 Å². The Bertz CT molecular complexity index is 1490. The molecule has 194 valence electrons. The van der Waals surface area contributed by atoms with Crippen molar-refractivity contribution in [2.75, 3.05) is 19.8 Å². The Morgan fingerprint density at radius 3 is 2.58 bits per heavy atom.